The van der Waals surface area contributed by atoms with E-state index in [0.717, 1.165) is 18.5 Å². The van der Waals surface area contributed by atoms with Crippen molar-refractivity contribution in [3.63, 3.8) is 0 Å². The first-order chi connectivity index (χ1) is 8.70. The summed E-state index contributed by atoms with van der Waals surface area (Å²) < 4.78 is 0. The van der Waals surface area contributed by atoms with E-state index in [4.69, 9.17) is 0 Å². The van der Waals surface area contributed by atoms with Crippen LogP contribution in [-0.4, -0.2) is 48.3 Å². The molecule has 0 amide bonds. The summed E-state index contributed by atoms with van der Waals surface area (Å²) in [7, 11) is 0. The fourth-order valence-electron chi connectivity index (χ4n) is 3.74. The van der Waals surface area contributed by atoms with E-state index >= 15 is 0 Å². The van der Waals surface area contributed by atoms with Crippen molar-refractivity contribution in [3.8, 4) is 0 Å². The average Bonchev–Trinajstić information content (AvgIpc) is 2.78. The molecule has 3 heteroatoms. The molecule has 1 saturated heterocycles. The monoisotopic (exact) mass is 254 g/mol. The Kier molecular flexibility index (Phi) is 5.46. The Labute approximate surface area is 112 Å². The smallest absolute Gasteiger partial charge is 0.0541 e. The van der Waals surface area contributed by atoms with E-state index in [0.29, 0.717) is 5.92 Å². The Balaban J connectivity index is 1.74. The first kappa shape index (κ1) is 14.3. The highest BCUT2D eigenvalue weighted by Crippen LogP contribution is 2.28. The van der Waals surface area contributed by atoms with E-state index in [1.807, 2.05) is 6.92 Å². The predicted octanol–water partition coefficient (Wildman–Crippen LogP) is 1.86. The first-order valence-electron chi connectivity index (χ1n) is 7.84. The van der Waals surface area contributed by atoms with Crippen molar-refractivity contribution >= 4 is 0 Å². The summed E-state index contributed by atoms with van der Waals surface area (Å²) in [6.07, 6.45) is 6.39. The van der Waals surface area contributed by atoms with Gasteiger partial charge in [0.25, 0.3) is 0 Å². The van der Waals surface area contributed by atoms with Crippen LogP contribution in [0.4, 0.5) is 0 Å². The summed E-state index contributed by atoms with van der Waals surface area (Å²) in [5, 5.41) is 13.3. The van der Waals surface area contributed by atoms with Crippen molar-refractivity contribution in [2.75, 3.05) is 26.2 Å². The molecule has 106 valence electrons. The molecule has 1 aliphatic carbocycles. The normalized spacial score (nSPS) is 32.8. The van der Waals surface area contributed by atoms with Crippen molar-refractivity contribution in [1.82, 2.24) is 10.2 Å². The van der Waals surface area contributed by atoms with Gasteiger partial charge in [-0.3, -0.25) is 0 Å². The van der Waals surface area contributed by atoms with Gasteiger partial charge in [0.1, 0.15) is 0 Å². The minimum atomic E-state index is -0.117. The van der Waals surface area contributed by atoms with E-state index in [1.165, 1.54) is 51.7 Å². The lowest BCUT2D eigenvalue weighted by atomic mass is 9.91. The molecule has 0 bridgehead atoms. The number of rotatable bonds is 5. The second-order valence-electron chi connectivity index (χ2n) is 6.23. The fourth-order valence-corrected chi connectivity index (χ4v) is 3.74. The number of likely N-dealkylation sites (tertiary alicyclic amines) is 1. The van der Waals surface area contributed by atoms with Crippen molar-refractivity contribution in [2.45, 2.75) is 58.1 Å². The molecule has 3 nitrogen and oxygen atoms in total. The number of aliphatic hydroxyl groups is 1. The molecular weight excluding hydrogens is 224 g/mol. The molecule has 3 atom stereocenters. The molecule has 1 aliphatic heterocycles. The van der Waals surface area contributed by atoms with Gasteiger partial charge < -0.3 is 15.3 Å². The van der Waals surface area contributed by atoms with E-state index in [-0.39, 0.29) is 6.10 Å². The summed E-state index contributed by atoms with van der Waals surface area (Å²) in [6, 6.07) is 0.754. The maximum atomic E-state index is 9.63. The third kappa shape index (κ3) is 3.69. The quantitative estimate of drug-likeness (QED) is 0.786. The van der Waals surface area contributed by atoms with Gasteiger partial charge in [0.15, 0.2) is 0 Å². The second-order valence-corrected chi connectivity index (χ2v) is 6.23. The van der Waals surface area contributed by atoms with Crippen LogP contribution in [0.15, 0.2) is 0 Å². The van der Waals surface area contributed by atoms with E-state index in [2.05, 4.69) is 17.1 Å². The molecule has 2 aliphatic rings. The topological polar surface area (TPSA) is 35.5 Å². The molecule has 0 aromatic heterocycles. The van der Waals surface area contributed by atoms with E-state index in [9.17, 15) is 5.11 Å². The van der Waals surface area contributed by atoms with Gasteiger partial charge >= 0.3 is 0 Å². The van der Waals surface area contributed by atoms with Crippen LogP contribution < -0.4 is 5.32 Å². The Morgan fingerprint density at radius 1 is 1.22 bits per heavy atom. The maximum absolute atomic E-state index is 9.63. The molecule has 0 aromatic carbocycles. The highest BCUT2D eigenvalue weighted by atomic mass is 16.3. The van der Waals surface area contributed by atoms with Crippen LogP contribution in [0.2, 0.25) is 0 Å². The number of hydrogen-bond acceptors (Lipinski definition) is 3. The predicted molar refractivity (Wildman–Crippen MR) is 75.7 cm³/mol. The zero-order valence-corrected chi connectivity index (χ0v) is 12.1. The van der Waals surface area contributed by atoms with E-state index in [1.54, 1.807) is 0 Å². The zero-order chi connectivity index (χ0) is 13.0. The SMILES string of the molecule is CCNC1CCCC1CN1CCC(C(C)O)CC1. The van der Waals surface area contributed by atoms with Crippen molar-refractivity contribution in [2.24, 2.45) is 11.8 Å². The number of hydrogen-bond donors (Lipinski definition) is 2. The van der Waals surface area contributed by atoms with Gasteiger partial charge in [-0.05, 0) is 64.1 Å². The molecule has 2 fully saturated rings. The molecule has 3 unspecified atom stereocenters. The molecule has 2 rings (SSSR count). The fraction of sp³-hybridized carbons (Fsp3) is 1.00. The Hall–Kier alpha value is -0.120. The van der Waals surface area contributed by atoms with Gasteiger partial charge in [-0.25, -0.2) is 0 Å². The average molecular weight is 254 g/mol. The highest BCUT2D eigenvalue weighted by Gasteiger charge is 2.30. The van der Waals surface area contributed by atoms with Crippen LogP contribution >= 0.6 is 0 Å². The summed E-state index contributed by atoms with van der Waals surface area (Å²) in [5.41, 5.74) is 0. The molecule has 18 heavy (non-hydrogen) atoms. The van der Waals surface area contributed by atoms with Crippen LogP contribution in [0.5, 0.6) is 0 Å². The molecule has 1 saturated carbocycles. The Morgan fingerprint density at radius 3 is 2.56 bits per heavy atom. The van der Waals surface area contributed by atoms with Gasteiger partial charge in [0.2, 0.25) is 0 Å². The standard InChI is InChI=1S/C15H30N2O/c1-3-16-15-6-4-5-14(15)11-17-9-7-13(8-10-17)12(2)18/h12-16,18H,3-11H2,1-2H3. The lowest BCUT2D eigenvalue weighted by Gasteiger charge is -2.35. The highest BCUT2D eigenvalue weighted by molar-refractivity contribution is 4.86. The van der Waals surface area contributed by atoms with Crippen LogP contribution in [0.25, 0.3) is 0 Å². The van der Waals surface area contributed by atoms with Gasteiger partial charge in [0, 0.05) is 12.6 Å². The largest absolute Gasteiger partial charge is 0.393 e. The molecule has 0 radical (unpaired) electrons. The lowest BCUT2D eigenvalue weighted by molar-refractivity contribution is 0.0651. The lowest BCUT2D eigenvalue weighted by Crippen LogP contribution is -2.43. The van der Waals surface area contributed by atoms with Gasteiger partial charge in [-0.1, -0.05) is 13.3 Å². The number of nitrogens with one attached hydrogen (secondary N) is 1. The minimum absolute atomic E-state index is 0.117. The molecule has 2 N–H and O–H groups in total. The zero-order valence-electron chi connectivity index (χ0n) is 12.1. The Morgan fingerprint density at radius 2 is 1.94 bits per heavy atom. The molecule has 0 spiro atoms. The van der Waals surface area contributed by atoms with Crippen LogP contribution in [-0.2, 0) is 0 Å². The number of aliphatic hydroxyl groups excluding tert-OH is 1. The minimum Gasteiger partial charge on any atom is -0.393 e. The summed E-state index contributed by atoms with van der Waals surface area (Å²) in [6.45, 7) is 8.90. The summed E-state index contributed by atoms with van der Waals surface area (Å²) in [4.78, 5) is 2.62. The number of piperidine rings is 1. The molecule has 1 heterocycles. The Bertz CT molecular complexity index is 237. The van der Waals surface area contributed by atoms with Crippen LogP contribution in [0.3, 0.4) is 0 Å². The number of nitrogens with zero attached hydrogens (tertiary/aromatic N) is 1. The molecular formula is C15H30N2O. The summed E-state index contributed by atoms with van der Waals surface area (Å²) in [5.74, 6) is 1.39. The van der Waals surface area contributed by atoms with Crippen LogP contribution in [0.1, 0.15) is 46.0 Å². The van der Waals surface area contributed by atoms with Crippen molar-refractivity contribution in [1.29, 1.82) is 0 Å². The molecule has 0 aromatic rings. The first-order valence-corrected chi connectivity index (χ1v) is 7.84. The van der Waals surface area contributed by atoms with Crippen molar-refractivity contribution < 1.29 is 5.11 Å². The van der Waals surface area contributed by atoms with E-state index < -0.39 is 0 Å². The second kappa shape index (κ2) is 6.88. The van der Waals surface area contributed by atoms with Gasteiger partial charge in [0.05, 0.1) is 6.10 Å². The van der Waals surface area contributed by atoms with Crippen LogP contribution in [0, 0.1) is 11.8 Å². The maximum Gasteiger partial charge on any atom is 0.0541 e. The third-order valence-corrected chi connectivity index (χ3v) is 4.93. The summed E-state index contributed by atoms with van der Waals surface area (Å²) >= 11 is 0. The third-order valence-electron chi connectivity index (χ3n) is 4.93. The van der Waals surface area contributed by atoms with Crippen molar-refractivity contribution in [3.05, 3.63) is 0 Å². The van der Waals surface area contributed by atoms with Gasteiger partial charge in [-0.15, -0.1) is 0 Å². The van der Waals surface area contributed by atoms with Gasteiger partial charge in [-0.2, -0.15) is 0 Å².